The van der Waals surface area contributed by atoms with Crippen molar-refractivity contribution in [2.24, 2.45) is 0 Å². The van der Waals surface area contributed by atoms with Gasteiger partial charge >= 0.3 is 5.97 Å². The van der Waals surface area contributed by atoms with E-state index in [4.69, 9.17) is 14.6 Å². The summed E-state index contributed by atoms with van der Waals surface area (Å²) in [7, 11) is 1.91. The van der Waals surface area contributed by atoms with Gasteiger partial charge < -0.3 is 19.6 Å². The third-order valence-corrected chi connectivity index (χ3v) is 7.56. The van der Waals surface area contributed by atoms with Crippen molar-refractivity contribution in [2.75, 3.05) is 14.2 Å². The number of unbranched alkanes of at least 4 members (excludes halogenated alkanes) is 8. The number of fused-ring (bicyclic) bond motifs is 1. The Bertz CT molecular complexity index is 1180. The second-order valence-electron chi connectivity index (χ2n) is 9.43. The number of H-pyrrole nitrogens is 1. The smallest absolute Gasteiger partial charge is 0.303 e. The predicted octanol–water partition coefficient (Wildman–Crippen LogP) is 6.89. The van der Waals surface area contributed by atoms with Crippen molar-refractivity contribution in [3.8, 4) is 11.5 Å². The van der Waals surface area contributed by atoms with Gasteiger partial charge in [-0.1, -0.05) is 58.3 Å². The van der Waals surface area contributed by atoms with Crippen LogP contribution >= 0.6 is 0 Å². The summed E-state index contributed by atoms with van der Waals surface area (Å²) in [6.07, 6.45) is 13.2. The SMILES string of the molecule is CCCCCCCCCCCC(=O)O.COc1ccc2nc(S(=O)Cc3ncc(C)c(OC)c3C)[nH]c2c1. The second kappa shape index (κ2) is 16.8. The molecule has 3 aromatic rings. The number of hydrogen-bond acceptors (Lipinski definition) is 6. The van der Waals surface area contributed by atoms with E-state index in [1.54, 1.807) is 20.4 Å². The Kier molecular flexibility index (Phi) is 13.8. The maximum absolute atomic E-state index is 12.7. The number of carbonyl (C=O) groups is 1. The van der Waals surface area contributed by atoms with Crippen molar-refractivity contribution in [3.05, 3.63) is 41.2 Å². The van der Waals surface area contributed by atoms with E-state index in [0.717, 1.165) is 52.2 Å². The van der Waals surface area contributed by atoms with Gasteiger partial charge in [-0.2, -0.15) is 0 Å². The van der Waals surface area contributed by atoms with Crippen molar-refractivity contribution in [1.82, 2.24) is 15.0 Å². The van der Waals surface area contributed by atoms with Crippen LogP contribution in [0.3, 0.4) is 0 Å². The normalized spacial score (nSPS) is 11.6. The van der Waals surface area contributed by atoms with Gasteiger partial charge in [0.05, 0.1) is 47.5 Å². The minimum atomic E-state index is -1.33. The molecule has 1 aromatic carbocycles. The molecular formula is C29H43N3O5S. The average Bonchev–Trinajstić information content (AvgIpc) is 3.33. The van der Waals surface area contributed by atoms with E-state index in [1.165, 1.54) is 44.9 Å². The van der Waals surface area contributed by atoms with E-state index in [2.05, 4.69) is 21.9 Å². The van der Waals surface area contributed by atoms with Crippen molar-refractivity contribution in [3.63, 3.8) is 0 Å². The third-order valence-electron chi connectivity index (χ3n) is 6.39. The molecule has 0 amide bonds. The molecule has 2 N–H and O–H groups in total. The number of carboxylic acid groups (broad SMARTS) is 1. The van der Waals surface area contributed by atoms with Crippen LogP contribution in [-0.2, 0) is 21.3 Å². The van der Waals surface area contributed by atoms with Gasteiger partial charge in [0.1, 0.15) is 11.5 Å². The molecule has 2 heterocycles. The van der Waals surface area contributed by atoms with Gasteiger partial charge in [0.25, 0.3) is 0 Å². The summed E-state index contributed by atoms with van der Waals surface area (Å²) >= 11 is 0. The predicted molar refractivity (Wildman–Crippen MR) is 153 cm³/mol. The van der Waals surface area contributed by atoms with Gasteiger partial charge in [-0.05, 0) is 32.4 Å². The molecule has 0 radical (unpaired) electrons. The van der Waals surface area contributed by atoms with Crippen molar-refractivity contribution < 1.29 is 23.6 Å². The summed E-state index contributed by atoms with van der Waals surface area (Å²) in [4.78, 5) is 22.1. The number of rotatable bonds is 15. The number of pyridine rings is 1. The molecule has 0 aliphatic carbocycles. The van der Waals surface area contributed by atoms with E-state index >= 15 is 0 Å². The number of hydrogen-bond donors (Lipinski definition) is 2. The summed E-state index contributed by atoms with van der Waals surface area (Å²) < 4.78 is 23.3. The maximum atomic E-state index is 12.7. The maximum Gasteiger partial charge on any atom is 0.303 e. The van der Waals surface area contributed by atoms with E-state index < -0.39 is 16.8 Å². The number of imidazole rings is 1. The quantitative estimate of drug-likeness (QED) is 0.200. The molecule has 210 valence electrons. The van der Waals surface area contributed by atoms with Crippen LogP contribution in [-0.4, -0.2) is 44.5 Å². The molecule has 3 rings (SSSR count). The molecule has 0 fully saturated rings. The lowest BCUT2D eigenvalue weighted by atomic mass is 10.1. The van der Waals surface area contributed by atoms with Gasteiger partial charge in [0.15, 0.2) is 5.16 Å². The molecule has 9 heteroatoms. The average molecular weight is 546 g/mol. The first-order chi connectivity index (χ1) is 18.3. The second-order valence-corrected chi connectivity index (χ2v) is 10.8. The molecule has 0 spiro atoms. The summed E-state index contributed by atoms with van der Waals surface area (Å²) in [5.74, 6) is 1.13. The fourth-order valence-electron chi connectivity index (χ4n) is 4.20. The Morgan fingerprint density at radius 1 is 1.00 bits per heavy atom. The van der Waals surface area contributed by atoms with E-state index in [-0.39, 0.29) is 5.75 Å². The molecule has 2 aromatic heterocycles. The van der Waals surface area contributed by atoms with Crippen LogP contribution in [0.2, 0.25) is 0 Å². The molecule has 8 nitrogen and oxygen atoms in total. The zero-order chi connectivity index (χ0) is 27.9. The number of aromatic nitrogens is 3. The molecule has 0 aliphatic rings. The lowest BCUT2D eigenvalue weighted by Gasteiger charge is -2.11. The lowest BCUT2D eigenvalue weighted by molar-refractivity contribution is -0.137. The Morgan fingerprint density at radius 2 is 1.66 bits per heavy atom. The minimum Gasteiger partial charge on any atom is -0.497 e. The monoisotopic (exact) mass is 545 g/mol. The highest BCUT2D eigenvalue weighted by atomic mass is 32.2. The molecule has 0 aliphatic heterocycles. The number of ether oxygens (including phenoxy) is 2. The van der Waals surface area contributed by atoms with Gasteiger partial charge in [0, 0.05) is 29.8 Å². The summed E-state index contributed by atoms with van der Waals surface area (Å²) in [6, 6.07) is 5.50. The summed E-state index contributed by atoms with van der Waals surface area (Å²) in [5, 5.41) is 8.84. The Morgan fingerprint density at radius 3 is 2.26 bits per heavy atom. The van der Waals surface area contributed by atoms with Crippen LogP contribution in [0.25, 0.3) is 11.0 Å². The van der Waals surface area contributed by atoms with Crippen LogP contribution in [0, 0.1) is 13.8 Å². The largest absolute Gasteiger partial charge is 0.497 e. The molecule has 1 atom stereocenters. The number of carboxylic acids is 1. The van der Waals surface area contributed by atoms with Gasteiger partial charge in [-0.3, -0.25) is 14.0 Å². The number of aliphatic carboxylic acids is 1. The Balaban J connectivity index is 0.000000312. The molecule has 0 saturated heterocycles. The zero-order valence-corrected chi connectivity index (χ0v) is 24.3. The standard InChI is InChI=1S/C17H19N3O3S.C12H24O2/c1-10-8-18-15(11(2)16(10)23-4)9-24(21)17-19-13-6-5-12(22-3)7-14(13)20-17;1-2-3-4-5-6-7-8-9-10-11-12(13)14/h5-8H,9H2,1-4H3,(H,19,20);2-11H2,1H3,(H,13,14). The topological polar surface area (TPSA) is 114 Å². The molecule has 0 saturated carbocycles. The van der Waals surface area contributed by atoms with Crippen LogP contribution in [0.4, 0.5) is 0 Å². The van der Waals surface area contributed by atoms with E-state index in [1.807, 2.05) is 32.0 Å². The number of benzene rings is 1. The highest BCUT2D eigenvalue weighted by Gasteiger charge is 2.16. The van der Waals surface area contributed by atoms with Gasteiger partial charge in [-0.25, -0.2) is 4.98 Å². The number of aryl methyl sites for hydroxylation is 1. The van der Waals surface area contributed by atoms with E-state index in [9.17, 15) is 9.00 Å². The minimum absolute atomic E-state index is 0.277. The van der Waals surface area contributed by atoms with Gasteiger partial charge in [0.2, 0.25) is 0 Å². The van der Waals surface area contributed by atoms with Crippen molar-refractivity contribution in [1.29, 1.82) is 0 Å². The zero-order valence-electron chi connectivity index (χ0n) is 23.5. The highest BCUT2D eigenvalue weighted by Crippen LogP contribution is 2.26. The highest BCUT2D eigenvalue weighted by molar-refractivity contribution is 7.84. The summed E-state index contributed by atoms with van der Waals surface area (Å²) in [6.45, 7) is 6.09. The van der Waals surface area contributed by atoms with Crippen LogP contribution < -0.4 is 9.47 Å². The fourth-order valence-corrected chi connectivity index (χ4v) is 5.30. The number of methoxy groups -OCH3 is 2. The molecule has 0 bridgehead atoms. The Hall–Kier alpha value is -2.94. The fraction of sp³-hybridized carbons (Fsp3) is 0.552. The van der Waals surface area contributed by atoms with E-state index in [0.29, 0.717) is 11.6 Å². The number of nitrogens with zero attached hydrogens (tertiary/aromatic N) is 2. The number of aromatic amines is 1. The van der Waals surface area contributed by atoms with Gasteiger partial charge in [-0.15, -0.1) is 0 Å². The first-order valence-electron chi connectivity index (χ1n) is 13.4. The first kappa shape index (κ1) is 31.3. The van der Waals surface area contributed by atoms with Crippen LogP contribution in [0.1, 0.15) is 88.0 Å². The third kappa shape index (κ3) is 10.1. The molecule has 1 unspecified atom stereocenters. The Labute approximate surface area is 229 Å². The number of nitrogens with one attached hydrogen (secondary N) is 1. The van der Waals surface area contributed by atoms with Crippen molar-refractivity contribution >= 4 is 27.8 Å². The summed E-state index contributed by atoms with van der Waals surface area (Å²) in [5.41, 5.74) is 4.16. The van der Waals surface area contributed by atoms with Crippen LogP contribution in [0.5, 0.6) is 11.5 Å². The molecule has 38 heavy (non-hydrogen) atoms. The first-order valence-corrected chi connectivity index (χ1v) is 14.8. The van der Waals surface area contributed by atoms with Crippen molar-refractivity contribution in [2.45, 2.75) is 95.9 Å². The lowest BCUT2D eigenvalue weighted by Crippen LogP contribution is -2.05. The molecular weight excluding hydrogens is 502 g/mol. The van der Waals surface area contributed by atoms with Crippen LogP contribution in [0.15, 0.2) is 29.6 Å².